The van der Waals surface area contributed by atoms with Gasteiger partial charge in [0.15, 0.2) is 6.61 Å². The van der Waals surface area contributed by atoms with Gasteiger partial charge in [-0.3, -0.25) is 4.79 Å². The van der Waals surface area contributed by atoms with Crippen molar-refractivity contribution in [3.63, 3.8) is 0 Å². The topological polar surface area (TPSA) is 116 Å². The number of primary sulfonamides is 1. The number of amides is 1. The van der Waals surface area contributed by atoms with Gasteiger partial charge in [0, 0.05) is 6.54 Å². The summed E-state index contributed by atoms with van der Waals surface area (Å²) in [5.41, 5.74) is 1.27. The zero-order valence-corrected chi connectivity index (χ0v) is 18.5. The third kappa shape index (κ3) is 5.19. The lowest BCUT2D eigenvalue weighted by Crippen LogP contribution is -2.30. The summed E-state index contributed by atoms with van der Waals surface area (Å²) < 4.78 is 27.9. The molecule has 3 N–H and O–H groups in total. The maximum absolute atomic E-state index is 12.9. The molecule has 0 saturated carbocycles. The Morgan fingerprint density at radius 3 is 2.00 bits per heavy atom. The molecule has 0 radical (unpaired) electrons. The fourth-order valence-electron chi connectivity index (χ4n) is 3.68. The van der Waals surface area contributed by atoms with Crippen LogP contribution in [0, 0.1) is 0 Å². The molecule has 8 heteroatoms. The van der Waals surface area contributed by atoms with Crippen molar-refractivity contribution in [2.24, 2.45) is 5.14 Å². The zero-order valence-electron chi connectivity index (χ0n) is 17.7. The van der Waals surface area contributed by atoms with E-state index < -0.39 is 28.5 Å². The van der Waals surface area contributed by atoms with E-state index in [9.17, 15) is 18.0 Å². The number of carbonyl (C=O) groups excluding carboxylic acids is 2. The van der Waals surface area contributed by atoms with Crippen molar-refractivity contribution in [2.75, 3.05) is 13.2 Å². The van der Waals surface area contributed by atoms with Crippen LogP contribution in [0.4, 0.5) is 0 Å². The van der Waals surface area contributed by atoms with Gasteiger partial charge in [0.2, 0.25) is 10.0 Å². The van der Waals surface area contributed by atoms with Gasteiger partial charge in [-0.05, 0) is 51.7 Å². The highest BCUT2D eigenvalue weighted by atomic mass is 32.2. The second-order valence-corrected chi connectivity index (χ2v) is 9.12. The number of fused-ring (bicyclic) bond motifs is 2. The second kappa shape index (κ2) is 9.40. The zero-order chi connectivity index (χ0) is 23.4. The van der Waals surface area contributed by atoms with Crippen LogP contribution in [0.15, 0.2) is 83.8 Å². The van der Waals surface area contributed by atoms with Crippen LogP contribution in [0.5, 0.6) is 0 Å². The van der Waals surface area contributed by atoms with Gasteiger partial charge in [-0.25, -0.2) is 18.4 Å². The number of sulfonamides is 1. The van der Waals surface area contributed by atoms with Crippen LogP contribution in [0.2, 0.25) is 0 Å². The van der Waals surface area contributed by atoms with E-state index in [1.165, 1.54) is 12.1 Å². The smallest absolute Gasteiger partial charge is 0.339 e. The highest BCUT2D eigenvalue weighted by molar-refractivity contribution is 7.89. The van der Waals surface area contributed by atoms with Crippen molar-refractivity contribution in [1.82, 2.24) is 5.32 Å². The molecule has 0 saturated heterocycles. The van der Waals surface area contributed by atoms with E-state index in [0.717, 1.165) is 27.1 Å². The first-order valence-corrected chi connectivity index (χ1v) is 11.8. The number of nitrogens with two attached hydrogens (primary N) is 1. The minimum atomic E-state index is -3.74. The Balaban J connectivity index is 1.38. The molecule has 7 nitrogen and oxygen atoms in total. The number of ether oxygens (including phenoxy) is 1. The average Bonchev–Trinajstić information content (AvgIpc) is 2.80. The van der Waals surface area contributed by atoms with Gasteiger partial charge in [0.25, 0.3) is 5.91 Å². The molecule has 0 spiro atoms. The highest BCUT2D eigenvalue weighted by Crippen LogP contribution is 2.29. The lowest BCUT2D eigenvalue weighted by molar-refractivity contribution is -0.124. The van der Waals surface area contributed by atoms with Crippen LogP contribution in [-0.2, 0) is 26.0 Å². The van der Waals surface area contributed by atoms with Gasteiger partial charge >= 0.3 is 5.97 Å². The van der Waals surface area contributed by atoms with Crippen molar-refractivity contribution < 1.29 is 22.7 Å². The van der Waals surface area contributed by atoms with Crippen LogP contribution in [0.3, 0.4) is 0 Å². The molecule has 0 aliphatic carbocycles. The Hall–Kier alpha value is -3.75. The minimum Gasteiger partial charge on any atom is -0.452 e. The Bertz CT molecular complexity index is 1390. The van der Waals surface area contributed by atoms with Crippen molar-refractivity contribution in [3.05, 3.63) is 90.0 Å². The third-order valence-electron chi connectivity index (χ3n) is 5.30. The molecule has 0 aliphatic rings. The van der Waals surface area contributed by atoms with Gasteiger partial charge in [-0.1, -0.05) is 60.7 Å². The van der Waals surface area contributed by atoms with Gasteiger partial charge in [-0.15, -0.1) is 0 Å². The SMILES string of the molecule is NS(=O)(=O)c1ccc(CCNC(=O)COC(=O)c2c3ccccc3cc3ccccc23)cc1. The summed E-state index contributed by atoms with van der Waals surface area (Å²) in [7, 11) is -3.74. The van der Waals surface area contributed by atoms with Crippen LogP contribution < -0.4 is 10.5 Å². The fraction of sp³-hybridized carbons (Fsp3) is 0.120. The minimum absolute atomic E-state index is 0.0307. The van der Waals surface area contributed by atoms with Crippen molar-refractivity contribution in [1.29, 1.82) is 0 Å². The highest BCUT2D eigenvalue weighted by Gasteiger charge is 2.17. The third-order valence-corrected chi connectivity index (χ3v) is 6.23. The molecule has 0 aliphatic heterocycles. The number of hydrogen-bond acceptors (Lipinski definition) is 5. The van der Waals surface area contributed by atoms with E-state index in [2.05, 4.69) is 5.32 Å². The molecule has 0 fully saturated rings. The number of carbonyl (C=O) groups is 2. The normalized spacial score (nSPS) is 11.4. The molecular weight excluding hydrogens is 440 g/mol. The molecule has 0 bridgehead atoms. The first-order chi connectivity index (χ1) is 15.8. The maximum atomic E-state index is 12.9. The molecule has 4 aromatic rings. The number of benzene rings is 4. The molecule has 168 valence electrons. The molecule has 4 rings (SSSR count). The summed E-state index contributed by atoms with van der Waals surface area (Å²) in [4.78, 5) is 25.2. The number of nitrogens with one attached hydrogen (secondary N) is 1. The first kappa shape index (κ1) is 22.4. The predicted octanol–water partition coefficient (Wildman–Crippen LogP) is 3.16. The van der Waals surface area contributed by atoms with E-state index in [4.69, 9.17) is 9.88 Å². The largest absolute Gasteiger partial charge is 0.452 e. The molecular formula is C25H22N2O5S. The summed E-state index contributed by atoms with van der Waals surface area (Å²) in [6.07, 6.45) is 0.485. The Labute approximate surface area is 191 Å². The van der Waals surface area contributed by atoms with E-state index in [1.54, 1.807) is 12.1 Å². The van der Waals surface area contributed by atoms with Gasteiger partial charge in [0.1, 0.15) is 0 Å². The summed E-state index contributed by atoms with van der Waals surface area (Å²) >= 11 is 0. The van der Waals surface area contributed by atoms with Gasteiger partial charge in [-0.2, -0.15) is 0 Å². The lowest BCUT2D eigenvalue weighted by atomic mass is 9.97. The van der Waals surface area contributed by atoms with Crippen molar-refractivity contribution in [2.45, 2.75) is 11.3 Å². The van der Waals surface area contributed by atoms with Crippen molar-refractivity contribution in [3.8, 4) is 0 Å². The first-order valence-electron chi connectivity index (χ1n) is 10.3. The van der Waals surface area contributed by atoms with Crippen LogP contribution >= 0.6 is 0 Å². The van der Waals surface area contributed by atoms with Crippen molar-refractivity contribution >= 4 is 43.4 Å². The van der Waals surface area contributed by atoms with Crippen LogP contribution in [-0.4, -0.2) is 33.4 Å². The number of esters is 1. The number of hydrogen-bond donors (Lipinski definition) is 2. The molecule has 0 heterocycles. The molecule has 0 unspecified atom stereocenters. The van der Waals surface area contributed by atoms with E-state index in [-0.39, 0.29) is 4.90 Å². The van der Waals surface area contributed by atoms with E-state index in [1.807, 2.05) is 54.6 Å². The Morgan fingerprint density at radius 2 is 1.42 bits per heavy atom. The predicted molar refractivity (Wildman–Crippen MR) is 126 cm³/mol. The summed E-state index contributed by atoms with van der Waals surface area (Å²) in [5.74, 6) is -0.981. The average molecular weight is 463 g/mol. The molecule has 4 aromatic carbocycles. The second-order valence-electron chi connectivity index (χ2n) is 7.56. The molecule has 0 aromatic heterocycles. The summed E-state index contributed by atoms with van der Waals surface area (Å²) in [5, 5.41) is 11.2. The van der Waals surface area contributed by atoms with Gasteiger partial charge < -0.3 is 10.1 Å². The van der Waals surface area contributed by atoms with Crippen LogP contribution in [0.1, 0.15) is 15.9 Å². The molecule has 0 atom stereocenters. The maximum Gasteiger partial charge on any atom is 0.339 e. The Morgan fingerprint density at radius 1 is 0.848 bits per heavy atom. The van der Waals surface area contributed by atoms with E-state index >= 15 is 0 Å². The van der Waals surface area contributed by atoms with Gasteiger partial charge in [0.05, 0.1) is 10.5 Å². The van der Waals surface area contributed by atoms with E-state index in [0.29, 0.717) is 18.5 Å². The molecule has 1 amide bonds. The molecule has 33 heavy (non-hydrogen) atoms. The lowest BCUT2D eigenvalue weighted by Gasteiger charge is -2.11. The standard InChI is InChI=1S/C25H22N2O5S/c26-33(30,31)20-11-9-17(10-12-20)13-14-27-23(28)16-32-25(29)24-21-7-3-1-5-18(21)15-19-6-2-4-8-22(19)24/h1-12,15H,13-14,16H2,(H,27,28)(H2,26,30,31). The monoisotopic (exact) mass is 462 g/mol. The quantitative estimate of drug-likeness (QED) is 0.323. The summed E-state index contributed by atoms with van der Waals surface area (Å²) in [6.45, 7) is -0.0942. The number of rotatable bonds is 7. The summed E-state index contributed by atoms with van der Waals surface area (Å²) in [6, 6.07) is 23.2. The fourth-order valence-corrected chi connectivity index (χ4v) is 4.20. The Kier molecular flexibility index (Phi) is 6.39. The van der Waals surface area contributed by atoms with Crippen LogP contribution in [0.25, 0.3) is 21.5 Å².